The largest absolute Gasteiger partial charge is 0.389 e. The molecule has 4 nitrogen and oxygen atoms in total. The number of hydrogen-bond donors (Lipinski definition) is 2. The minimum atomic E-state index is -0.454. The summed E-state index contributed by atoms with van der Waals surface area (Å²) >= 11 is 0. The standard InChI is InChI=1S/C17H28N2O2/c1-14(18-12-17(20)13-21-2)15-6-8-16(9-7-15)19-10-4-3-5-11-19/h6-9,14,17-18,20H,3-5,10-13H2,1-2H3. The molecule has 0 aliphatic carbocycles. The summed E-state index contributed by atoms with van der Waals surface area (Å²) in [5.74, 6) is 0. The lowest BCUT2D eigenvalue weighted by molar-refractivity contribution is 0.0630. The van der Waals surface area contributed by atoms with Gasteiger partial charge >= 0.3 is 0 Å². The number of piperidine rings is 1. The van der Waals surface area contributed by atoms with E-state index in [0.29, 0.717) is 13.2 Å². The number of anilines is 1. The molecular formula is C17H28N2O2. The normalized spacial score (nSPS) is 18.5. The van der Waals surface area contributed by atoms with Gasteiger partial charge < -0.3 is 20.1 Å². The summed E-state index contributed by atoms with van der Waals surface area (Å²) in [4.78, 5) is 2.47. The molecular weight excluding hydrogens is 264 g/mol. The molecule has 0 radical (unpaired) electrons. The van der Waals surface area contributed by atoms with Crippen molar-refractivity contribution in [2.45, 2.75) is 38.3 Å². The van der Waals surface area contributed by atoms with Crippen LogP contribution in [0.3, 0.4) is 0 Å². The van der Waals surface area contributed by atoms with Gasteiger partial charge in [0.1, 0.15) is 0 Å². The van der Waals surface area contributed by atoms with E-state index in [4.69, 9.17) is 4.74 Å². The number of benzene rings is 1. The van der Waals surface area contributed by atoms with Crippen LogP contribution in [0.4, 0.5) is 5.69 Å². The number of methoxy groups -OCH3 is 1. The second kappa shape index (κ2) is 8.37. The van der Waals surface area contributed by atoms with Crippen molar-refractivity contribution < 1.29 is 9.84 Å². The minimum Gasteiger partial charge on any atom is -0.389 e. The van der Waals surface area contributed by atoms with Crippen molar-refractivity contribution in [3.8, 4) is 0 Å². The molecule has 1 saturated heterocycles. The topological polar surface area (TPSA) is 44.7 Å². The number of hydrogen-bond acceptors (Lipinski definition) is 4. The highest BCUT2D eigenvalue weighted by Gasteiger charge is 2.12. The highest BCUT2D eigenvalue weighted by atomic mass is 16.5. The molecule has 2 unspecified atom stereocenters. The van der Waals surface area contributed by atoms with Gasteiger partial charge in [0.25, 0.3) is 0 Å². The molecule has 1 fully saturated rings. The summed E-state index contributed by atoms with van der Waals surface area (Å²) < 4.78 is 4.93. The van der Waals surface area contributed by atoms with Crippen LogP contribution in [-0.2, 0) is 4.74 Å². The fourth-order valence-electron chi connectivity index (χ4n) is 2.81. The third kappa shape index (κ3) is 4.99. The molecule has 118 valence electrons. The first-order valence-corrected chi connectivity index (χ1v) is 7.96. The number of ether oxygens (including phenoxy) is 1. The van der Waals surface area contributed by atoms with Gasteiger partial charge in [0.15, 0.2) is 0 Å². The number of aliphatic hydroxyl groups excluding tert-OH is 1. The zero-order chi connectivity index (χ0) is 15.1. The second-order valence-corrected chi connectivity index (χ2v) is 5.88. The van der Waals surface area contributed by atoms with E-state index >= 15 is 0 Å². The van der Waals surface area contributed by atoms with E-state index in [1.54, 1.807) is 7.11 Å². The Morgan fingerprint density at radius 3 is 2.48 bits per heavy atom. The minimum absolute atomic E-state index is 0.229. The van der Waals surface area contributed by atoms with Crippen molar-refractivity contribution in [2.75, 3.05) is 38.3 Å². The number of nitrogens with one attached hydrogen (secondary N) is 1. The third-order valence-corrected chi connectivity index (χ3v) is 4.13. The smallest absolute Gasteiger partial charge is 0.0897 e. The maximum Gasteiger partial charge on any atom is 0.0897 e. The summed E-state index contributed by atoms with van der Waals surface area (Å²) in [6.07, 6.45) is 3.51. The Balaban J connectivity index is 1.85. The Labute approximate surface area is 128 Å². The maximum atomic E-state index is 9.67. The average molecular weight is 292 g/mol. The first kappa shape index (κ1) is 16.3. The predicted molar refractivity (Wildman–Crippen MR) is 86.8 cm³/mol. The molecule has 1 aliphatic rings. The van der Waals surface area contributed by atoms with Crippen molar-refractivity contribution in [3.63, 3.8) is 0 Å². The molecule has 2 rings (SSSR count). The molecule has 2 atom stereocenters. The summed E-state index contributed by atoms with van der Waals surface area (Å²) in [5.41, 5.74) is 2.57. The lowest BCUT2D eigenvalue weighted by Gasteiger charge is -2.29. The molecule has 0 spiro atoms. The predicted octanol–water partition coefficient (Wildman–Crippen LogP) is 2.33. The highest BCUT2D eigenvalue weighted by Crippen LogP contribution is 2.22. The lowest BCUT2D eigenvalue weighted by atomic mass is 10.1. The van der Waals surface area contributed by atoms with Crippen LogP contribution in [0.2, 0.25) is 0 Å². The molecule has 2 N–H and O–H groups in total. The van der Waals surface area contributed by atoms with Crippen LogP contribution in [0.1, 0.15) is 37.8 Å². The van der Waals surface area contributed by atoms with Gasteiger partial charge in [0.05, 0.1) is 12.7 Å². The fraction of sp³-hybridized carbons (Fsp3) is 0.647. The van der Waals surface area contributed by atoms with Crippen molar-refractivity contribution >= 4 is 5.69 Å². The quantitative estimate of drug-likeness (QED) is 0.809. The van der Waals surface area contributed by atoms with E-state index in [1.807, 2.05) is 0 Å². The SMILES string of the molecule is COCC(O)CNC(C)c1ccc(N2CCCCC2)cc1. The van der Waals surface area contributed by atoms with Gasteiger partial charge in [-0.15, -0.1) is 0 Å². The van der Waals surface area contributed by atoms with E-state index in [-0.39, 0.29) is 6.04 Å². The first-order chi connectivity index (χ1) is 10.2. The molecule has 1 aliphatic heterocycles. The summed E-state index contributed by atoms with van der Waals surface area (Å²) in [7, 11) is 1.60. The van der Waals surface area contributed by atoms with Gasteiger partial charge in [-0.2, -0.15) is 0 Å². The molecule has 1 aromatic carbocycles. The third-order valence-electron chi connectivity index (χ3n) is 4.13. The van der Waals surface area contributed by atoms with Gasteiger partial charge in [-0.1, -0.05) is 12.1 Å². The van der Waals surface area contributed by atoms with Crippen LogP contribution >= 0.6 is 0 Å². The maximum absolute atomic E-state index is 9.67. The van der Waals surface area contributed by atoms with Crippen molar-refractivity contribution in [1.29, 1.82) is 0 Å². The van der Waals surface area contributed by atoms with Gasteiger partial charge in [-0.05, 0) is 43.9 Å². The van der Waals surface area contributed by atoms with Crippen LogP contribution in [0, 0.1) is 0 Å². The van der Waals surface area contributed by atoms with Crippen LogP contribution in [0.5, 0.6) is 0 Å². The molecule has 21 heavy (non-hydrogen) atoms. The van der Waals surface area contributed by atoms with E-state index in [1.165, 1.54) is 43.6 Å². The summed E-state index contributed by atoms with van der Waals surface area (Å²) in [6, 6.07) is 9.02. The summed E-state index contributed by atoms with van der Waals surface area (Å²) in [6.45, 7) is 5.39. The molecule has 0 bridgehead atoms. The monoisotopic (exact) mass is 292 g/mol. The Kier molecular flexibility index (Phi) is 6.49. The average Bonchev–Trinajstić information content (AvgIpc) is 2.54. The van der Waals surface area contributed by atoms with Crippen LogP contribution in [-0.4, -0.2) is 44.6 Å². The Hall–Kier alpha value is -1.10. The number of rotatable bonds is 7. The van der Waals surface area contributed by atoms with E-state index in [2.05, 4.69) is 41.4 Å². The van der Waals surface area contributed by atoms with E-state index < -0.39 is 6.10 Å². The zero-order valence-electron chi connectivity index (χ0n) is 13.2. The number of nitrogens with zero attached hydrogens (tertiary/aromatic N) is 1. The van der Waals surface area contributed by atoms with Crippen molar-refractivity contribution in [2.24, 2.45) is 0 Å². The van der Waals surface area contributed by atoms with Gasteiger partial charge in [-0.3, -0.25) is 0 Å². The van der Waals surface area contributed by atoms with Crippen molar-refractivity contribution in [1.82, 2.24) is 5.32 Å². The van der Waals surface area contributed by atoms with Gasteiger partial charge in [-0.25, -0.2) is 0 Å². The molecule has 0 saturated carbocycles. The first-order valence-electron chi connectivity index (χ1n) is 7.96. The fourth-order valence-corrected chi connectivity index (χ4v) is 2.81. The van der Waals surface area contributed by atoms with Gasteiger partial charge in [0.2, 0.25) is 0 Å². The van der Waals surface area contributed by atoms with Crippen LogP contribution in [0.25, 0.3) is 0 Å². The Morgan fingerprint density at radius 2 is 1.86 bits per heavy atom. The van der Waals surface area contributed by atoms with Crippen LogP contribution < -0.4 is 10.2 Å². The van der Waals surface area contributed by atoms with E-state index in [0.717, 1.165) is 0 Å². The van der Waals surface area contributed by atoms with Gasteiger partial charge in [0, 0.05) is 38.5 Å². The molecule has 0 aromatic heterocycles. The highest BCUT2D eigenvalue weighted by molar-refractivity contribution is 5.48. The summed E-state index contributed by atoms with van der Waals surface area (Å²) in [5, 5.41) is 13.0. The molecule has 1 heterocycles. The lowest BCUT2D eigenvalue weighted by Crippen LogP contribution is -2.32. The molecule has 4 heteroatoms. The Bertz CT molecular complexity index is 402. The Morgan fingerprint density at radius 1 is 1.19 bits per heavy atom. The second-order valence-electron chi connectivity index (χ2n) is 5.88. The molecule has 0 amide bonds. The number of aliphatic hydroxyl groups is 1. The van der Waals surface area contributed by atoms with Crippen molar-refractivity contribution in [3.05, 3.63) is 29.8 Å². The van der Waals surface area contributed by atoms with Crippen LogP contribution in [0.15, 0.2) is 24.3 Å². The molecule has 1 aromatic rings. The zero-order valence-corrected chi connectivity index (χ0v) is 13.2. The van der Waals surface area contributed by atoms with E-state index in [9.17, 15) is 5.11 Å².